The Kier molecular flexibility index (Phi) is 4.56. The summed E-state index contributed by atoms with van der Waals surface area (Å²) in [6, 6.07) is 9.37. The SMILES string of the molecule is FC(F)(F)c1ccc(-c2ccc(N3CCN4CCCCC4C3)nn2)cc1. The molecule has 2 fully saturated rings. The van der Waals surface area contributed by atoms with Crippen LogP contribution >= 0.6 is 0 Å². The van der Waals surface area contributed by atoms with Crippen LogP contribution in [0.5, 0.6) is 0 Å². The van der Waals surface area contributed by atoms with Gasteiger partial charge in [-0.1, -0.05) is 18.6 Å². The topological polar surface area (TPSA) is 32.3 Å². The second-order valence-electron chi connectivity index (χ2n) is 6.98. The molecule has 7 heteroatoms. The van der Waals surface area contributed by atoms with E-state index >= 15 is 0 Å². The maximum Gasteiger partial charge on any atom is 0.416 e. The average molecular weight is 362 g/mol. The molecule has 1 aromatic carbocycles. The Balaban J connectivity index is 1.47. The van der Waals surface area contributed by atoms with Crippen molar-refractivity contribution >= 4 is 5.82 Å². The lowest BCUT2D eigenvalue weighted by Crippen LogP contribution is -2.55. The zero-order valence-electron chi connectivity index (χ0n) is 14.4. The molecule has 2 aliphatic heterocycles. The van der Waals surface area contributed by atoms with Gasteiger partial charge in [-0.15, -0.1) is 10.2 Å². The summed E-state index contributed by atoms with van der Waals surface area (Å²) in [7, 11) is 0. The zero-order chi connectivity index (χ0) is 18.1. The Morgan fingerprint density at radius 3 is 2.38 bits per heavy atom. The van der Waals surface area contributed by atoms with Gasteiger partial charge in [-0.05, 0) is 43.7 Å². The summed E-state index contributed by atoms with van der Waals surface area (Å²) in [4.78, 5) is 4.82. The highest BCUT2D eigenvalue weighted by atomic mass is 19.4. The summed E-state index contributed by atoms with van der Waals surface area (Å²) < 4.78 is 38.0. The van der Waals surface area contributed by atoms with E-state index in [-0.39, 0.29) is 0 Å². The minimum Gasteiger partial charge on any atom is -0.352 e. The number of halogens is 3. The quantitative estimate of drug-likeness (QED) is 0.813. The predicted molar refractivity (Wildman–Crippen MR) is 93.9 cm³/mol. The molecule has 4 rings (SSSR count). The summed E-state index contributed by atoms with van der Waals surface area (Å²) >= 11 is 0. The second kappa shape index (κ2) is 6.87. The fraction of sp³-hybridized carbons (Fsp3) is 0.474. The lowest BCUT2D eigenvalue weighted by molar-refractivity contribution is -0.137. The first kappa shape index (κ1) is 17.3. The fourth-order valence-electron chi connectivity index (χ4n) is 3.84. The lowest BCUT2D eigenvalue weighted by atomic mass is 9.99. The van der Waals surface area contributed by atoms with Crippen LogP contribution < -0.4 is 4.90 Å². The van der Waals surface area contributed by atoms with Crippen molar-refractivity contribution in [3.8, 4) is 11.3 Å². The van der Waals surface area contributed by atoms with Crippen LogP contribution in [0.25, 0.3) is 11.3 Å². The highest BCUT2D eigenvalue weighted by Gasteiger charge is 2.30. The molecule has 2 aromatic rings. The van der Waals surface area contributed by atoms with Gasteiger partial charge in [0.15, 0.2) is 5.82 Å². The Morgan fingerprint density at radius 2 is 1.69 bits per heavy atom. The van der Waals surface area contributed by atoms with Crippen LogP contribution in [0.2, 0.25) is 0 Å². The summed E-state index contributed by atoms with van der Waals surface area (Å²) in [5.74, 6) is 0.839. The van der Waals surface area contributed by atoms with E-state index in [4.69, 9.17) is 0 Å². The normalized spacial score (nSPS) is 21.5. The number of hydrogen-bond acceptors (Lipinski definition) is 4. The standard InChI is InChI=1S/C19H21F3N4/c20-19(21,22)15-6-4-14(5-7-15)17-8-9-18(24-23-17)26-12-11-25-10-2-1-3-16(25)13-26/h4-9,16H,1-3,10-13H2. The third-order valence-corrected chi connectivity index (χ3v) is 5.32. The van der Waals surface area contributed by atoms with E-state index in [1.165, 1.54) is 37.9 Å². The molecule has 0 aliphatic carbocycles. The molecule has 0 spiro atoms. The first-order valence-corrected chi connectivity index (χ1v) is 9.01. The van der Waals surface area contributed by atoms with Crippen LogP contribution in [0.1, 0.15) is 24.8 Å². The van der Waals surface area contributed by atoms with Crippen molar-refractivity contribution in [2.45, 2.75) is 31.5 Å². The van der Waals surface area contributed by atoms with Crippen LogP contribution in [0, 0.1) is 0 Å². The molecule has 138 valence electrons. The minimum absolute atomic E-state index is 0.582. The molecule has 1 aromatic heterocycles. The van der Waals surface area contributed by atoms with Gasteiger partial charge in [0.2, 0.25) is 0 Å². The maximum atomic E-state index is 12.7. The molecule has 0 bridgehead atoms. The Morgan fingerprint density at radius 1 is 0.885 bits per heavy atom. The van der Waals surface area contributed by atoms with Crippen molar-refractivity contribution in [3.63, 3.8) is 0 Å². The van der Waals surface area contributed by atoms with Gasteiger partial charge < -0.3 is 4.90 Å². The first-order chi connectivity index (χ1) is 12.5. The number of alkyl halides is 3. The highest BCUT2D eigenvalue weighted by Crippen LogP contribution is 2.31. The molecule has 2 saturated heterocycles. The Labute approximate surface area is 150 Å². The summed E-state index contributed by atoms with van der Waals surface area (Å²) in [6.07, 6.45) is -0.519. The third-order valence-electron chi connectivity index (χ3n) is 5.32. The van der Waals surface area contributed by atoms with Crippen LogP contribution in [0.3, 0.4) is 0 Å². The van der Waals surface area contributed by atoms with E-state index in [9.17, 15) is 13.2 Å². The smallest absolute Gasteiger partial charge is 0.352 e. The van der Waals surface area contributed by atoms with E-state index < -0.39 is 11.7 Å². The number of benzene rings is 1. The molecule has 0 amide bonds. The molecule has 26 heavy (non-hydrogen) atoms. The van der Waals surface area contributed by atoms with Crippen molar-refractivity contribution in [2.24, 2.45) is 0 Å². The number of nitrogens with zero attached hydrogens (tertiary/aromatic N) is 4. The van der Waals surface area contributed by atoms with Crippen molar-refractivity contribution in [1.82, 2.24) is 15.1 Å². The first-order valence-electron chi connectivity index (χ1n) is 9.01. The number of rotatable bonds is 2. The predicted octanol–water partition coefficient (Wildman–Crippen LogP) is 3.84. The summed E-state index contributed by atoms with van der Waals surface area (Å²) in [6.45, 7) is 4.14. The Bertz CT molecular complexity index is 743. The van der Waals surface area contributed by atoms with E-state index in [0.29, 0.717) is 17.3 Å². The largest absolute Gasteiger partial charge is 0.416 e. The van der Waals surface area contributed by atoms with Gasteiger partial charge in [-0.3, -0.25) is 4.90 Å². The third kappa shape index (κ3) is 3.53. The molecular weight excluding hydrogens is 341 g/mol. The minimum atomic E-state index is -4.32. The van der Waals surface area contributed by atoms with Gasteiger partial charge in [-0.2, -0.15) is 13.2 Å². The van der Waals surface area contributed by atoms with Gasteiger partial charge >= 0.3 is 6.18 Å². The van der Waals surface area contributed by atoms with Crippen LogP contribution in [-0.2, 0) is 6.18 Å². The summed E-state index contributed by atoms with van der Waals surface area (Å²) in [5, 5.41) is 8.56. The lowest BCUT2D eigenvalue weighted by Gasteiger charge is -2.44. The molecule has 0 radical (unpaired) electrons. The van der Waals surface area contributed by atoms with Gasteiger partial charge in [0.05, 0.1) is 11.3 Å². The second-order valence-corrected chi connectivity index (χ2v) is 6.98. The van der Waals surface area contributed by atoms with E-state index in [2.05, 4.69) is 20.0 Å². The van der Waals surface area contributed by atoms with Crippen molar-refractivity contribution in [2.75, 3.05) is 31.1 Å². The zero-order valence-corrected chi connectivity index (χ0v) is 14.4. The molecule has 4 nitrogen and oxygen atoms in total. The molecule has 2 aliphatic rings. The van der Waals surface area contributed by atoms with Gasteiger partial charge in [0.25, 0.3) is 0 Å². The molecule has 1 atom stereocenters. The maximum absolute atomic E-state index is 12.7. The van der Waals surface area contributed by atoms with Gasteiger partial charge in [0, 0.05) is 31.2 Å². The highest BCUT2D eigenvalue weighted by molar-refractivity contribution is 5.60. The summed E-state index contributed by atoms with van der Waals surface area (Å²) in [5.41, 5.74) is 0.559. The van der Waals surface area contributed by atoms with Crippen LogP contribution in [-0.4, -0.2) is 47.3 Å². The van der Waals surface area contributed by atoms with Crippen molar-refractivity contribution < 1.29 is 13.2 Å². The van der Waals surface area contributed by atoms with Crippen molar-refractivity contribution in [3.05, 3.63) is 42.0 Å². The molecule has 0 N–H and O–H groups in total. The number of piperidine rings is 1. The number of aromatic nitrogens is 2. The number of anilines is 1. The number of hydrogen-bond donors (Lipinski definition) is 0. The fourth-order valence-corrected chi connectivity index (χ4v) is 3.84. The van der Waals surface area contributed by atoms with E-state index in [1.54, 1.807) is 0 Å². The van der Waals surface area contributed by atoms with Gasteiger partial charge in [-0.25, -0.2) is 0 Å². The molecule has 0 saturated carbocycles. The molecule has 1 unspecified atom stereocenters. The average Bonchev–Trinajstić information content (AvgIpc) is 2.67. The van der Waals surface area contributed by atoms with Crippen molar-refractivity contribution in [1.29, 1.82) is 0 Å². The van der Waals surface area contributed by atoms with E-state index in [1.807, 2.05) is 12.1 Å². The van der Waals surface area contributed by atoms with E-state index in [0.717, 1.165) is 37.6 Å². The molecular formula is C19H21F3N4. The van der Waals surface area contributed by atoms with Crippen LogP contribution in [0.15, 0.2) is 36.4 Å². The number of fused-ring (bicyclic) bond motifs is 1. The number of piperazine rings is 1. The Hall–Kier alpha value is -2.15. The monoisotopic (exact) mass is 362 g/mol. The van der Waals surface area contributed by atoms with Crippen LogP contribution in [0.4, 0.5) is 19.0 Å². The molecule has 3 heterocycles. The van der Waals surface area contributed by atoms with Gasteiger partial charge in [0.1, 0.15) is 0 Å².